The quantitative estimate of drug-likeness (QED) is 0.559. The third-order valence-corrected chi connectivity index (χ3v) is 1.36. The summed E-state index contributed by atoms with van der Waals surface area (Å²) in [6, 6.07) is -0.704. The fourth-order valence-electron chi connectivity index (χ4n) is 0.251. The minimum absolute atomic E-state index is 0.481. The summed E-state index contributed by atoms with van der Waals surface area (Å²) in [5.74, 6) is -0.450. The number of nitrogens with two attached hydrogens (primary N) is 1. The fourth-order valence-corrected chi connectivity index (χ4v) is 0.753. The zero-order valence-electron chi connectivity index (χ0n) is 4.63. The van der Waals surface area contributed by atoms with Gasteiger partial charge in [-0.2, -0.15) is 11.8 Å². The molecule has 0 saturated heterocycles. The van der Waals surface area contributed by atoms with Gasteiger partial charge in [-0.15, -0.1) is 0 Å². The lowest BCUT2D eigenvalue weighted by Gasteiger charge is -2.00. The van der Waals surface area contributed by atoms with Crippen LogP contribution in [-0.2, 0) is 4.79 Å². The molecule has 0 rings (SSSR count). The second kappa shape index (κ2) is 3.74. The normalized spacial score (nSPS) is 13.2. The molecule has 0 aliphatic carbocycles. The lowest BCUT2D eigenvalue weighted by atomic mass is 10.4. The van der Waals surface area contributed by atoms with Gasteiger partial charge in [0.25, 0.3) is 0 Å². The van der Waals surface area contributed by atoms with Gasteiger partial charge in [0.05, 0.1) is 0 Å². The van der Waals surface area contributed by atoms with Crippen LogP contribution in [0.5, 0.6) is 0 Å². The van der Waals surface area contributed by atoms with Gasteiger partial charge >= 0.3 is 5.97 Å². The predicted octanol–water partition coefficient (Wildman–Crippen LogP) is -0.239. The molecule has 0 aliphatic rings. The van der Waals surface area contributed by atoms with Crippen LogP contribution in [0, 0.1) is 0 Å². The highest BCUT2D eigenvalue weighted by atomic mass is 32.2. The summed E-state index contributed by atoms with van der Waals surface area (Å²) in [4.78, 5) is 9.95. The Kier molecular flexibility index (Phi) is 3.64. The first kappa shape index (κ1) is 7.78. The van der Waals surface area contributed by atoms with Crippen molar-refractivity contribution < 1.29 is 9.90 Å². The molecule has 0 heterocycles. The number of hydrogen-bond donors (Lipinski definition) is 2. The number of thioether (sulfide) groups is 1. The van der Waals surface area contributed by atoms with Crippen LogP contribution in [0.2, 0.25) is 0 Å². The SMILES string of the molecule is [11CH3]SCC(N)C(=O)O. The van der Waals surface area contributed by atoms with Crippen LogP contribution in [0.25, 0.3) is 0 Å². The zero-order valence-corrected chi connectivity index (χ0v) is 5.44. The zero-order chi connectivity index (χ0) is 6.57. The van der Waals surface area contributed by atoms with Gasteiger partial charge in [-0.25, -0.2) is 0 Å². The summed E-state index contributed by atoms with van der Waals surface area (Å²) >= 11 is 1.43. The number of aliphatic carboxylic acids is 1. The molecule has 0 aromatic rings. The summed E-state index contributed by atoms with van der Waals surface area (Å²) in [6.45, 7) is 0. The van der Waals surface area contributed by atoms with Crippen LogP contribution in [0.3, 0.4) is 0 Å². The van der Waals surface area contributed by atoms with Crippen LogP contribution < -0.4 is 5.73 Å². The first-order chi connectivity index (χ1) is 3.68. The predicted molar refractivity (Wildman–Crippen MR) is 34.0 cm³/mol. The van der Waals surface area contributed by atoms with E-state index in [2.05, 4.69) is 0 Å². The van der Waals surface area contributed by atoms with Crippen molar-refractivity contribution in [3.63, 3.8) is 0 Å². The number of carboxylic acids is 1. The highest BCUT2D eigenvalue weighted by Gasteiger charge is 2.08. The Hall–Kier alpha value is -0.220. The largest absolute Gasteiger partial charge is 0.480 e. The molecule has 0 saturated carbocycles. The maximum atomic E-state index is 9.95. The van der Waals surface area contributed by atoms with Crippen molar-refractivity contribution in [3.8, 4) is 0 Å². The maximum absolute atomic E-state index is 9.95. The van der Waals surface area contributed by atoms with Gasteiger partial charge in [0.15, 0.2) is 0 Å². The van der Waals surface area contributed by atoms with E-state index in [1.165, 1.54) is 11.8 Å². The molecule has 0 aromatic heterocycles. The molecule has 3 N–H and O–H groups in total. The Morgan fingerprint density at radius 2 is 2.50 bits per heavy atom. The molecular formula is C4H9NO2S. The van der Waals surface area contributed by atoms with Crippen molar-refractivity contribution in [2.45, 2.75) is 6.04 Å². The van der Waals surface area contributed by atoms with Crippen LogP contribution >= 0.6 is 11.8 Å². The molecule has 48 valence electrons. The first-order valence-corrected chi connectivity index (χ1v) is 3.55. The third-order valence-electron chi connectivity index (χ3n) is 0.663. The average Bonchev–Trinajstić information content (AvgIpc) is 1.67. The topological polar surface area (TPSA) is 63.3 Å². The second-order valence-corrected chi connectivity index (χ2v) is 2.31. The molecular weight excluding hydrogens is 125 g/mol. The van der Waals surface area contributed by atoms with Crippen LogP contribution in [0.1, 0.15) is 0 Å². The monoisotopic (exact) mass is 134 g/mol. The fraction of sp³-hybridized carbons (Fsp3) is 0.750. The third kappa shape index (κ3) is 2.87. The van der Waals surface area contributed by atoms with Crippen molar-refractivity contribution in [3.05, 3.63) is 0 Å². The molecule has 8 heavy (non-hydrogen) atoms. The van der Waals surface area contributed by atoms with Crippen molar-refractivity contribution in [2.75, 3.05) is 12.0 Å². The smallest absolute Gasteiger partial charge is 0.321 e. The Bertz CT molecular complexity index is 86.1. The van der Waals surface area contributed by atoms with E-state index in [-0.39, 0.29) is 0 Å². The Morgan fingerprint density at radius 3 is 2.62 bits per heavy atom. The van der Waals surface area contributed by atoms with E-state index in [4.69, 9.17) is 10.8 Å². The summed E-state index contributed by atoms with van der Waals surface area (Å²) < 4.78 is 0. The van der Waals surface area contributed by atoms with Gasteiger partial charge in [0.2, 0.25) is 0 Å². The van der Waals surface area contributed by atoms with E-state index >= 15 is 0 Å². The van der Waals surface area contributed by atoms with Crippen LogP contribution in [-0.4, -0.2) is 29.1 Å². The van der Waals surface area contributed by atoms with Gasteiger partial charge < -0.3 is 10.8 Å². The summed E-state index contributed by atoms with van der Waals surface area (Å²) in [5, 5.41) is 8.17. The Labute approximate surface area is 52.3 Å². The van der Waals surface area contributed by atoms with Gasteiger partial charge in [-0.1, -0.05) is 0 Å². The minimum atomic E-state index is -0.931. The molecule has 0 aliphatic heterocycles. The molecule has 0 spiro atoms. The Balaban J connectivity index is 3.32. The Morgan fingerprint density at radius 1 is 2.00 bits per heavy atom. The van der Waals surface area contributed by atoms with Gasteiger partial charge in [-0.05, 0) is 6.26 Å². The molecule has 1 unspecified atom stereocenters. The van der Waals surface area contributed by atoms with E-state index in [9.17, 15) is 4.79 Å². The standard InChI is InChI=1S/C4H9NO2S/c1-8-2-3(5)4(6)7/h3H,2,5H2,1H3,(H,6,7)/i1-1. The van der Waals surface area contributed by atoms with Crippen LogP contribution in [0.4, 0.5) is 0 Å². The molecule has 0 fully saturated rings. The number of carbonyl (C=O) groups is 1. The van der Waals surface area contributed by atoms with Crippen molar-refractivity contribution in [1.82, 2.24) is 0 Å². The second-order valence-electron chi connectivity index (χ2n) is 1.40. The van der Waals surface area contributed by atoms with Gasteiger partial charge in [-0.3, -0.25) is 4.79 Å². The maximum Gasteiger partial charge on any atom is 0.321 e. The van der Waals surface area contributed by atoms with Crippen molar-refractivity contribution >= 4 is 17.7 Å². The van der Waals surface area contributed by atoms with Crippen molar-refractivity contribution in [2.24, 2.45) is 5.73 Å². The molecule has 4 heteroatoms. The minimum Gasteiger partial charge on any atom is -0.480 e. The summed E-state index contributed by atoms with van der Waals surface area (Å²) in [7, 11) is 0. The van der Waals surface area contributed by atoms with Crippen LogP contribution in [0.15, 0.2) is 0 Å². The highest BCUT2D eigenvalue weighted by molar-refractivity contribution is 7.98. The molecule has 0 aromatic carbocycles. The number of carboxylic acid groups (broad SMARTS) is 1. The van der Waals surface area contributed by atoms with E-state index < -0.39 is 12.0 Å². The molecule has 1 atom stereocenters. The van der Waals surface area contributed by atoms with Gasteiger partial charge in [0, 0.05) is 5.75 Å². The van der Waals surface area contributed by atoms with Crippen molar-refractivity contribution in [1.29, 1.82) is 0 Å². The van der Waals surface area contributed by atoms with E-state index in [1.807, 2.05) is 6.26 Å². The molecule has 0 amide bonds. The lowest BCUT2D eigenvalue weighted by Crippen LogP contribution is -2.32. The molecule has 0 radical (unpaired) electrons. The van der Waals surface area contributed by atoms with E-state index in [1.54, 1.807) is 0 Å². The lowest BCUT2D eigenvalue weighted by molar-refractivity contribution is -0.137. The molecule has 0 bridgehead atoms. The average molecular weight is 134 g/mol. The molecule has 3 nitrogen and oxygen atoms in total. The summed E-state index contributed by atoms with van der Waals surface area (Å²) in [6.07, 6.45) is 1.82. The van der Waals surface area contributed by atoms with E-state index in [0.717, 1.165) is 0 Å². The highest BCUT2D eigenvalue weighted by Crippen LogP contribution is 1.93. The number of hydrogen-bond acceptors (Lipinski definition) is 3. The summed E-state index contributed by atoms with van der Waals surface area (Å²) in [5.41, 5.74) is 5.11. The first-order valence-electron chi connectivity index (χ1n) is 2.15. The van der Waals surface area contributed by atoms with Gasteiger partial charge in [0.1, 0.15) is 6.04 Å². The number of rotatable bonds is 3. The van der Waals surface area contributed by atoms with E-state index in [0.29, 0.717) is 5.75 Å².